The molecule has 0 aliphatic heterocycles. The van der Waals surface area contributed by atoms with Crippen LogP contribution in [0.4, 0.5) is 0 Å². The van der Waals surface area contributed by atoms with Gasteiger partial charge in [0, 0.05) is 4.75 Å². The fourth-order valence-corrected chi connectivity index (χ4v) is 3.07. The Morgan fingerprint density at radius 1 is 1.12 bits per heavy atom. The molecule has 0 radical (unpaired) electrons. The molecule has 1 heteroatoms. The molecule has 1 aromatic rings. The third kappa shape index (κ3) is 2.45. The van der Waals surface area contributed by atoms with E-state index in [1.165, 1.54) is 43.2 Å². The fraction of sp³-hybridized carbons (Fsp3) is 0.600. The highest BCUT2D eigenvalue weighted by Crippen LogP contribution is 2.43. The molecule has 0 nitrogen and oxygen atoms in total. The average molecular weight is 234 g/mol. The quantitative estimate of drug-likeness (QED) is 0.691. The molecule has 0 heterocycles. The second-order valence-corrected chi connectivity index (χ2v) is 6.23. The molecule has 1 aliphatic rings. The Balaban J connectivity index is 2.28. The van der Waals surface area contributed by atoms with Crippen molar-refractivity contribution in [2.75, 3.05) is 0 Å². The predicted octanol–water partition coefficient (Wildman–Crippen LogP) is 4.90. The van der Waals surface area contributed by atoms with Crippen molar-refractivity contribution in [1.82, 2.24) is 0 Å². The molecule has 16 heavy (non-hydrogen) atoms. The summed E-state index contributed by atoms with van der Waals surface area (Å²) in [6.45, 7) is 4.51. The van der Waals surface area contributed by atoms with E-state index in [9.17, 15) is 0 Å². The summed E-state index contributed by atoms with van der Waals surface area (Å²) in [5, 5.41) is 0. The molecule has 88 valence electrons. The van der Waals surface area contributed by atoms with E-state index < -0.39 is 0 Å². The highest BCUT2D eigenvalue weighted by molar-refractivity contribution is 7.81. The van der Waals surface area contributed by atoms with Gasteiger partial charge in [0.2, 0.25) is 0 Å². The van der Waals surface area contributed by atoms with Crippen molar-refractivity contribution in [2.45, 2.75) is 56.6 Å². The summed E-state index contributed by atoms with van der Waals surface area (Å²) < 4.78 is 0.142. The van der Waals surface area contributed by atoms with Crippen molar-refractivity contribution in [3.05, 3.63) is 35.4 Å². The van der Waals surface area contributed by atoms with Gasteiger partial charge in [0.15, 0.2) is 0 Å². The molecule has 0 bridgehead atoms. The molecule has 1 fully saturated rings. The van der Waals surface area contributed by atoms with Crippen LogP contribution in [-0.4, -0.2) is 0 Å². The van der Waals surface area contributed by atoms with Gasteiger partial charge in [-0.3, -0.25) is 0 Å². The third-order valence-corrected chi connectivity index (χ3v) is 4.48. The van der Waals surface area contributed by atoms with Crippen LogP contribution in [0.2, 0.25) is 0 Å². The molecule has 0 spiro atoms. The molecule has 0 unspecified atom stereocenters. The monoisotopic (exact) mass is 234 g/mol. The van der Waals surface area contributed by atoms with Gasteiger partial charge in [0.05, 0.1) is 0 Å². The smallest absolute Gasteiger partial charge is 0.0378 e. The number of thiol groups is 1. The number of rotatable bonds is 2. The molecule has 0 atom stereocenters. The van der Waals surface area contributed by atoms with Gasteiger partial charge in [0.25, 0.3) is 0 Å². The van der Waals surface area contributed by atoms with Gasteiger partial charge >= 0.3 is 0 Å². The van der Waals surface area contributed by atoms with Gasteiger partial charge in [-0.05, 0) is 29.9 Å². The zero-order valence-corrected chi connectivity index (χ0v) is 11.3. The Morgan fingerprint density at radius 3 is 2.44 bits per heavy atom. The highest BCUT2D eigenvalue weighted by atomic mass is 32.1. The van der Waals surface area contributed by atoms with Crippen LogP contribution < -0.4 is 0 Å². The minimum atomic E-state index is 0.142. The van der Waals surface area contributed by atoms with Gasteiger partial charge in [-0.1, -0.05) is 57.4 Å². The Kier molecular flexibility index (Phi) is 3.63. The van der Waals surface area contributed by atoms with Gasteiger partial charge in [-0.15, -0.1) is 0 Å². The van der Waals surface area contributed by atoms with Crippen LogP contribution in [0.25, 0.3) is 0 Å². The lowest BCUT2D eigenvalue weighted by Crippen LogP contribution is -2.22. The SMILES string of the molecule is CC(C)c1cccc(C2(S)CCCCC2)c1. The summed E-state index contributed by atoms with van der Waals surface area (Å²) in [5.74, 6) is 0.612. The molecule has 1 aromatic carbocycles. The number of hydrogen-bond acceptors (Lipinski definition) is 1. The Labute approximate surface area is 105 Å². The maximum absolute atomic E-state index is 4.96. The summed E-state index contributed by atoms with van der Waals surface area (Å²) in [6.07, 6.45) is 6.51. The average Bonchev–Trinajstić information content (AvgIpc) is 2.30. The molecule has 0 aromatic heterocycles. The predicted molar refractivity (Wildman–Crippen MR) is 74.3 cm³/mol. The van der Waals surface area contributed by atoms with Crippen molar-refractivity contribution in [3.63, 3.8) is 0 Å². The van der Waals surface area contributed by atoms with Crippen LogP contribution in [0, 0.1) is 0 Å². The second-order valence-electron chi connectivity index (χ2n) is 5.37. The summed E-state index contributed by atoms with van der Waals surface area (Å²) in [5.41, 5.74) is 2.87. The molecule has 1 aliphatic carbocycles. The third-order valence-electron chi connectivity index (χ3n) is 3.77. The lowest BCUT2D eigenvalue weighted by molar-refractivity contribution is 0.410. The van der Waals surface area contributed by atoms with Crippen LogP contribution >= 0.6 is 12.6 Å². The minimum absolute atomic E-state index is 0.142. The van der Waals surface area contributed by atoms with Crippen LogP contribution in [0.1, 0.15) is 63.0 Å². The molecular formula is C15H22S. The van der Waals surface area contributed by atoms with Crippen LogP contribution in [0.3, 0.4) is 0 Å². The highest BCUT2D eigenvalue weighted by Gasteiger charge is 2.29. The summed E-state index contributed by atoms with van der Waals surface area (Å²) in [6, 6.07) is 9.04. The Morgan fingerprint density at radius 2 is 1.81 bits per heavy atom. The first-order chi connectivity index (χ1) is 7.62. The van der Waals surface area contributed by atoms with Gasteiger partial charge in [-0.2, -0.15) is 12.6 Å². The van der Waals surface area contributed by atoms with Crippen molar-refractivity contribution in [3.8, 4) is 0 Å². The first-order valence-corrected chi connectivity index (χ1v) is 6.89. The summed E-state index contributed by atoms with van der Waals surface area (Å²) in [7, 11) is 0. The standard InChI is InChI=1S/C15H22S/c1-12(2)13-7-6-8-14(11-13)15(16)9-4-3-5-10-15/h6-8,11-12,16H,3-5,9-10H2,1-2H3. The first-order valence-electron chi connectivity index (χ1n) is 6.45. The molecule has 2 rings (SSSR count). The minimum Gasteiger partial charge on any atom is -0.168 e. The molecule has 0 saturated heterocycles. The van der Waals surface area contributed by atoms with E-state index in [1.54, 1.807) is 0 Å². The first kappa shape index (κ1) is 12.0. The lowest BCUT2D eigenvalue weighted by Gasteiger charge is -2.33. The summed E-state index contributed by atoms with van der Waals surface area (Å²) in [4.78, 5) is 0. The van der Waals surface area contributed by atoms with Gasteiger partial charge in [-0.25, -0.2) is 0 Å². The fourth-order valence-electron chi connectivity index (χ4n) is 2.61. The number of hydrogen-bond donors (Lipinski definition) is 1. The Hall–Kier alpha value is -0.430. The van der Waals surface area contributed by atoms with Gasteiger partial charge < -0.3 is 0 Å². The zero-order valence-electron chi connectivity index (χ0n) is 10.4. The van der Waals surface area contributed by atoms with E-state index >= 15 is 0 Å². The van der Waals surface area contributed by atoms with Crippen LogP contribution in [0.15, 0.2) is 24.3 Å². The van der Waals surface area contributed by atoms with E-state index in [2.05, 4.69) is 38.1 Å². The number of benzene rings is 1. The van der Waals surface area contributed by atoms with Crippen molar-refractivity contribution >= 4 is 12.6 Å². The maximum atomic E-state index is 4.96. The topological polar surface area (TPSA) is 0 Å². The maximum Gasteiger partial charge on any atom is 0.0378 e. The molecule has 0 N–H and O–H groups in total. The van der Waals surface area contributed by atoms with E-state index in [-0.39, 0.29) is 4.75 Å². The van der Waals surface area contributed by atoms with E-state index in [1.807, 2.05) is 0 Å². The largest absolute Gasteiger partial charge is 0.168 e. The van der Waals surface area contributed by atoms with E-state index in [0.29, 0.717) is 5.92 Å². The van der Waals surface area contributed by atoms with Crippen LogP contribution in [0.5, 0.6) is 0 Å². The second kappa shape index (κ2) is 4.83. The van der Waals surface area contributed by atoms with Crippen molar-refractivity contribution in [2.24, 2.45) is 0 Å². The lowest BCUT2D eigenvalue weighted by atomic mass is 9.82. The van der Waals surface area contributed by atoms with Crippen molar-refractivity contribution in [1.29, 1.82) is 0 Å². The Bertz CT molecular complexity index is 348. The van der Waals surface area contributed by atoms with Crippen LogP contribution in [-0.2, 0) is 4.75 Å². The van der Waals surface area contributed by atoms with E-state index in [4.69, 9.17) is 12.6 Å². The molecule has 1 saturated carbocycles. The molecule has 0 amide bonds. The van der Waals surface area contributed by atoms with E-state index in [0.717, 1.165) is 0 Å². The normalized spacial score (nSPS) is 20.0. The van der Waals surface area contributed by atoms with Gasteiger partial charge in [0.1, 0.15) is 0 Å². The molecular weight excluding hydrogens is 212 g/mol. The summed E-state index contributed by atoms with van der Waals surface area (Å²) >= 11 is 4.96. The zero-order chi connectivity index (χ0) is 11.6. The van der Waals surface area contributed by atoms with Crippen molar-refractivity contribution < 1.29 is 0 Å².